The number of thioether (sulfide) groups is 1. The number of benzene rings is 1. The molecule has 1 heterocycles. The molecule has 1 aromatic carbocycles. The van der Waals surface area contributed by atoms with Crippen molar-refractivity contribution in [1.82, 2.24) is 10.2 Å². The molecule has 1 aromatic heterocycles. The zero-order chi connectivity index (χ0) is 14.2. The fraction of sp³-hybridized carbons (Fsp3) is 0.467. The lowest BCUT2D eigenvalue weighted by Crippen LogP contribution is -2.02. The van der Waals surface area contributed by atoms with Crippen LogP contribution in [-0.4, -0.2) is 29.2 Å². The minimum atomic E-state index is 0.564. The highest BCUT2D eigenvalue weighted by atomic mass is 32.2. The van der Waals surface area contributed by atoms with Crippen LogP contribution in [0.25, 0.3) is 11.5 Å². The van der Waals surface area contributed by atoms with Crippen LogP contribution in [-0.2, 0) is 4.74 Å². The van der Waals surface area contributed by atoms with Crippen molar-refractivity contribution in [1.29, 1.82) is 0 Å². The van der Waals surface area contributed by atoms with E-state index in [1.807, 2.05) is 30.3 Å². The fourth-order valence-corrected chi connectivity index (χ4v) is 2.19. The summed E-state index contributed by atoms with van der Waals surface area (Å²) in [6.45, 7) is 5.92. The Morgan fingerprint density at radius 3 is 2.70 bits per heavy atom. The van der Waals surface area contributed by atoms with Crippen LogP contribution < -0.4 is 0 Å². The van der Waals surface area contributed by atoms with Gasteiger partial charge < -0.3 is 9.15 Å². The van der Waals surface area contributed by atoms with E-state index in [-0.39, 0.29) is 0 Å². The molecule has 0 spiro atoms. The Bertz CT molecular complexity index is 500. The van der Waals surface area contributed by atoms with E-state index in [0.717, 1.165) is 24.3 Å². The van der Waals surface area contributed by atoms with Crippen molar-refractivity contribution < 1.29 is 9.15 Å². The van der Waals surface area contributed by atoms with Gasteiger partial charge in [0.05, 0.1) is 6.61 Å². The SMILES string of the molecule is CC(C)CCOCCSc1nnc(-c2ccccc2)o1. The topological polar surface area (TPSA) is 48.2 Å². The molecule has 0 atom stereocenters. The second kappa shape index (κ2) is 8.07. The Balaban J connectivity index is 1.71. The second-order valence-corrected chi connectivity index (χ2v) is 5.93. The third-order valence-electron chi connectivity index (χ3n) is 2.72. The van der Waals surface area contributed by atoms with Crippen LogP contribution in [0.1, 0.15) is 20.3 Å². The van der Waals surface area contributed by atoms with Crippen molar-refractivity contribution in [3.8, 4) is 11.5 Å². The van der Waals surface area contributed by atoms with Crippen LogP contribution in [0.15, 0.2) is 40.0 Å². The maximum Gasteiger partial charge on any atom is 0.276 e. The summed E-state index contributed by atoms with van der Waals surface area (Å²) in [5.74, 6) is 2.08. The number of hydrogen-bond acceptors (Lipinski definition) is 5. The van der Waals surface area contributed by atoms with Gasteiger partial charge in [0.15, 0.2) is 0 Å². The zero-order valence-electron chi connectivity index (χ0n) is 11.9. The molecule has 0 fully saturated rings. The second-order valence-electron chi connectivity index (χ2n) is 4.88. The molecule has 2 aromatic rings. The number of rotatable bonds is 8. The third-order valence-corrected chi connectivity index (χ3v) is 3.50. The molecule has 0 amide bonds. The van der Waals surface area contributed by atoms with Gasteiger partial charge in [0.25, 0.3) is 5.22 Å². The van der Waals surface area contributed by atoms with Gasteiger partial charge in [-0.25, -0.2) is 0 Å². The third kappa shape index (κ3) is 4.98. The molecule has 0 saturated heterocycles. The molecule has 5 heteroatoms. The molecule has 108 valence electrons. The Morgan fingerprint density at radius 2 is 1.95 bits per heavy atom. The van der Waals surface area contributed by atoms with E-state index in [1.54, 1.807) is 0 Å². The lowest BCUT2D eigenvalue weighted by molar-refractivity contribution is 0.138. The summed E-state index contributed by atoms with van der Waals surface area (Å²) in [4.78, 5) is 0. The molecule has 0 aliphatic carbocycles. The van der Waals surface area contributed by atoms with Crippen molar-refractivity contribution >= 4 is 11.8 Å². The molecule has 0 N–H and O–H groups in total. The normalized spacial score (nSPS) is 11.2. The van der Waals surface area contributed by atoms with Gasteiger partial charge >= 0.3 is 0 Å². The van der Waals surface area contributed by atoms with E-state index in [9.17, 15) is 0 Å². The van der Waals surface area contributed by atoms with Crippen molar-refractivity contribution in [3.63, 3.8) is 0 Å². The van der Waals surface area contributed by atoms with E-state index in [4.69, 9.17) is 9.15 Å². The van der Waals surface area contributed by atoms with Crippen molar-refractivity contribution in [2.24, 2.45) is 5.92 Å². The van der Waals surface area contributed by atoms with E-state index in [0.29, 0.717) is 23.6 Å². The average Bonchev–Trinajstić information content (AvgIpc) is 2.92. The lowest BCUT2D eigenvalue weighted by atomic mass is 10.1. The molecule has 2 rings (SSSR count). The minimum Gasteiger partial charge on any atom is -0.411 e. The first-order valence-corrected chi connectivity index (χ1v) is 7.83. The highest BCUT2D eigenvalue weighted by Crippen LogP contribution is 2.22. The highest BCUT2D eigenvalue weighted by molar-refractivity contribution is 7.99. The van der Waals surface area contributed by atoms with Gasteiger partial charge in [-0.3, -0.25) is 0 Å². The predicted molar refractivity (Wildman–Crippen MR) is 80.7 cm³/mol. The number of aromatic nitrogens is 2. The number of hydrogen-bond donors (Lipinski definition) is 0. The van der Waals surface area contributed by atoms with Crippen LogP contribution in [0.5, 0.6) is 0 Å². The number of nitrogens with zero attached hydrogens (tertiary/aromatic N) is 2. The van der Waals surface area contributed by atoms with Crippen molar-refractivity contribution in [2.45, 2.75) is 25.5 Å². The highest BCUT2D eigenvalue weighted by Gasteiger charge is 2.08. The Morgan fingerprint density at radius 1 is 1.15 bits per heavy atom. The molecular weight excluding hydrogens is 272 g/mol. The summed E-state index contributed by atoms with van der Waals surface area (Å²) in [6.07, 6.45) is 1.10. The van der Waals surface area contributed by atoms with Crippen molar-refractivity contribution in [3.05, 3.63) is 30.3 Å². The van der Waals surface area contributed by atoms with Gasteiger partial charge in [-0.2, -0.15) is 0 Å². The van der Waals surface area contributed by atoms with Crippen LogP contribution in [0.2, 0.25) is 0 Å². The molecule has 0 aliphatic rings. The maximum atomic E-state index is 5.60. The van der Waals surface area contributed by atoms with Gasteiger partial charge in [-0.15, -0.1) is 10.2 Å². The smallest absolute Gasteiger partial charge is 0.276 e. The summed E-state index contributed by atoms with van der Waals surface area (Å²) in [6, 6.07) is 9.78. The predicted octanol–water partition coefficient (Wildman–Crippen LogP) is 3.89. The first-order chi connectivity index (χ1) is 9.75. The summed E-state index contributed by atoms with van der Waals surface area (Å²) in [5.41, 5.74) is 0.944. The van der Waals surface area contributed by atoms with E-state index < -0.39 is 0 Å². The molecule has 0 aliphatic heterocycles. The van der Waals surface area contributed by atoms with E-state index in [2.05, 4.69) is 24.0 Å². The molecule has 0 saturated carbocycles. The van der Waals surface area contributed by atoms with E-state index in [1.165, 1.54) is 11.8 Å². The standard InChI is InChI=1S/C15H20N2O2S/c1-12(2)8-9-18-10-11-20-15-17-16-14(19-15)13-6-4-3-5-7-13/h3-7,12H,8-11H2,1-2H3. The molecule has 0 bridgehead atoms. The largest absolute Gasteiger partial charge is 0.411 e. The lowest BCUT2D eigenvalue weighted by Gasteiger charge is -2.04. The maximum absolute atomic E-state index is 5.60. The van der Waals surface area contributed by atoms with Gasteiger partial charge in [-0.05, 0) is 24.5 Å². The van der Waals surface area contributed by atoms with Crippen LogP contribution in [0, 0.1) is 5.92 Å². The van der Waals surface area contributed by atoms with Gasteiger partial charge in [-0.1, -0.05) is 43.8 Å². The van der Waals surface area contributed by atoms with E-state index >= 15 is 0 Å². The summed E-state index contributed by atoms with van der Waals surface area (Å²) >= 11 is 1.53. The monoisotopic (exact) mass is 292 g/mol. The first kappa shape index (κ1) is 15.1. The zero-order valence-corrected chi connectivity index (χ0v) is 12.7. The molecule has 20 heavy (non-hydrogen) atoms. The van der Waals surface area contributed by atoms with Gasteiger partial charge in [0.1, 0.15) is 0 Å². The molecule has 4 nitrogen and oxygen atoms in total. The summed E-state index contributed by atoms with van der Waals surface area (Å²) in [5, 5.41) is 8.67. The quantitative estimate of drug-likeness (QED) is 0.545. The summed E-state index contributed by atoms with van der Waals surface area (Å²) in [7, 11) is 0. The van der Waals surface area contributed by atoms with Crippen molar-refractivity contribution in [2.75, 3.05) is 19.0 Å². The fourth-order valence-electron chi connectivity index (χ4n) is 1.57. The Kier molecular flexibility index (Phi) is 6.08. The minimum absolute atomic E-state index is 0.564. The molecule has 0 radical (unpaired) electrons. The van der Waals surface area contributed by atoms with Crippen LogP contribution >= 0.6 is 11.8 Å². The molecule has 0 unspecified atom stereocenters. The molecular formula is C15H20N2O2S. The first-order valence-electron chi connectivity index (χ1n) is 6.85. The van der Waals surface area contributed by atoms with Crippen LogP contribution in [0.4, 0.5) is 0 Å². The average molecular weight is 292 g/mol. The number of ether oxygens (including phenoxy) is 1. The Labute approximate surface area is 123 Å². The Hall–Kier alpha value is -1.33. The van der Waals surface area contributed by atoms with Crippen LogP contribution in [0.3, 0.4) is 0 Å². The van der Waals surface area contributed by atoms with Gasteiger partial charge in [0, 0.05) is 17.9 Å². The van der Waals surface area contributed by atoms with Gasteiger partial charge in [0.2, 0.25) is 5.89 Å². The summed E-state index contributed by atoms with van der Waals surface area (Å²) < 4.78 is 11.1.